The SMILES string of the molecule is O=C(N[C@H]1N=C(c2ccccc2Cl)c2cc(Cl)ccc2NC1=O)OCc1ccccc1. The third kappa shape index (κ3) is 4.87. The zero-order valence-electron chi connectivity index (χ0n) is 16.1. The van der Waals surface area contributed by atoms with Gasteiger partial charge in [0, 0.05) is 21.2 Å². The van der Waals surface area contributed by atoms with Crippen molar-refractivity contribution in [2.45, 2.75) is 12.8 Å². The van der Waals surface area contributed by atoms with E-state index < -0.39 is 18.2 Å². The third-order valence-corrected chi connectivity index (χ3v) is 5.16. The van der Waals surface area contributed by atoms with Gasteiger partial charge in [0.2, 0.25) is 6.17 Å². The number of hydrogen-bond acceptors (Lipinski definition) is 4. The fourth-order valence-electron chi connectivity index (χ4n) is 3.12. The number of amides is 2. The van der Waals surface area contributed by atoms with E-state index in [-0.39, 0.29) is 6.61 Å². The van der Waals surface area contributed by atoms with Gasteiger partial charge >= 0.3 is 6.09 Å². The average Bonchev–Trinajstić information content (AvgIpc) is 2.90. The molecule has 0 radical (unpaired) electrons. The molecule has 3 aromatic rings. The fourth-order valence-corrected chi connectivity index (χ4v) is 3.52. The lowest BCUT2D eigenvalue weighted by atomic mass is 10.0. The third-order valence-electron chi connectivity index (χ3n) is 4.60. The van der Waals surface area contributed by atoms with Gasteiger partial charge in [-0.05, 0) is 29.8 Å². The lowest BCUT2D eigenvalue weighted by Gasteiger charge is -2.14. The molecule has 31 heavy (non-hydrogen) atoms. The molecule has 3 aromatic carbocycles. The van der Waals surface area contributed by atoms with Crippen molar-refractivity contribution in [3.8, 4) is 0 Å². The van der Waals surface area contributed by atoms with Crippen molar-refractivity contribution >= 4 is 46.6 Å². The summed E-state index contributed by atoms with van der Waals surface area (Å²) >= 11 is 12.6. The summed E-state index contributed by atoms with van der Waals surface area (Å²) in [4.78, 5) is 29.6. The fraction of sp³-hybridized carbons (Fsp3) is 0.0870. The van der Waals surface area contributed by atoms with Crippen molar-refractivity contribution in [1.29, 1.82) is 0 Å². The van der Waals surface area contributed by atoms with Crippen molar-refractivity contribution in [3.05, 3.63) is 99.5 Å². The van der Waals surface area contributed by atoms with Gasteiger partial charge in [-0.25, -0.2) is 9.79 Å². The van der Waals surface area contributed by atoms with Gasteiger partial charge in [-0.1, -0.05) is 71.7 Å². The predicted molar refractivity (Wildman–Crippen MR) is 121 cm³/mol. The molecule has 0 aromatic heterocycles. The topological polar surface area (TPSA) is 79.8 Å². The summed E-state index contributed by atoms with van der Waals surface area (Å²) in [5, 5.41) is 6.21. The van der Waals surface area contributed by atoms with E-state index in [9.17, 15) is 9.59 Å². The van der Waals surface area contributed by atoms with Crippen LogP contribution in [0.5, 0.6) is 0 Å². The van der Waals surface area contributed by atoms with E-state index in [2.05, 4.69) is 15.6 Å². The van der Waals surface area contributed by atoms with Crippen LogP contribution in [0.15, 0.2) is 77.8 Å². The zero-order valence-corrected chi connectivity index (χ0v) is 17.7. The first-order chi connectivity index (χ1) is 15.0. The maximum Gasteiger partial charge on any atom is 0.409 e. The standard InChI is InChI=1S/C23H17Cl2N3O3/c24-15-10-11-19-17(12-15)20(16-8-4-5-9-18(16)25)27-21(22(29)26-19)28-23(30)31-13-14-6-2-1-3-7-14/h1-12,21H,13H2,(H,26,29)(H,28,30)/t21-/m1/s1. The van der Waals surface area contributed by atoms with E-state index in [1.54, 1.807) is 36.4 Å². The van der Waals surface area contributed by atoms with Crippen molar-refractivity contribution in [2.75, 3.05) is 5.32 Å². The number of rotatable bonds is 4. The first-order valence-electron chi connectivity index (χ1n) is 9.42. The van der Waals surface area contributed by atoms with Crippen molar-refractivity contribution < 1.29 is 14.3 Å². The van der Waals surface area contributed by atoms with E-state index in [1.165, 1.54) is 0 Å². The van der Waals surface area contributed by atoms with Crippen LogP contribution < -0.4 is 10.6 Å². The number of benzene rings is 3. The second kappa shape index (κ2) is 9.20. The minimum atomic E-state index is -1.22. The summed E-state index contributed by atoms with van der Waals surface area (Å²) in [6, 6.07) is 21.4. The maximum atomic E-state index is 12.8. The van der Waals surface area contributed by atoms with Crippen molar-refractivity contribution in [3.63, 3.8) is 0 Å². The Bertz CT molecular complexity index is 1170. The van der Waals surface area contributed by atoms with Gasteiger partial charge < -0.3 is 10.1 Å². The highest BCUT2D eigenvalue weighted by molar-refractivity contribution is 6.37. The lowest BCUT2D eigenvalue weighted by Crippen LogP contribution is -2.42. The van der Waals surface area contributed by atoms with Gasteiger partial charge in [0.15, 0.2) is 0 Å². The Morgan fingerprint density at radius 2 is 1.74 bits per heavy atom. The number of anilines is 1. The quantitative estimate of drug-likeness (QED) is 0.580. The molecule has 4 rings (SSSR count). The number of nitrogens with one attached hydrogen (secondary N) is 2. The van der Waals surface area contributed by atoms with Crippen LogP contribution in [0, 0.1) is 0 Å². The molecule has 0 saturated carbocycles. The summed E-state index contributed by atoms with van der Waals surface area (Å²) in [6.07, 6.45) is -1.99. The van der Waals surface area contributed by atoms with E-state index in [1.807, 2.05) is 36.4 Å². The average molecular weight is 454 g/mol. The number of alkyl carbamates (subject to hydrolysis) is 1. The molecule has 0 aliphatic carbocycles. The number of ether oxygens (including phenoxy) is 1. The van der Waals surface area contributed by atoms with Gasteiger partial charge in [-0.3, -0.25) is 10.1 Å². The van der Waals surface area contributed by atoms with E-state index in [0.717, 1.165) is 5.56 Å². The number of hydrogen-bond donors (Lipinski definition) is 2. The first-order valence-corrected chi connectivity index (χ1v) is 10.2. The van der Waals surface area contributed by atoms with E-state index >= 15 is 0 Å². The van der Waals surface area contributed by atoms with Crippen LogP contribution in [0.3, 0.4) is 0 Å². The Hall–Kier alpha value is -3.35. The molecule has 0 spiro atoms. The normalized spacial score (nSPS) is 15.2. The molecule has 1 atom stereocenters. The summed E-state index contributed by atoms with van der Waals surface area (Å²) in [5.41, 5.74) is 2.96. The van der Waals surface area contributed by atoms with Gasteiger partial charge in [0.1, 0.15) is 6.61 Å². The van der Waals surface area contributed by atoms with Crippen molar-refractivity contribution in [2.24, 2.45) is 4.99 Å². The largest absolute Gasteiger partial charge is 0.445 e. The molecule has 0 saturated heterocycles. The highest BCUT2D eigenvalue weighted by atomic mass is 35.5. The molecule has 0 bridgehead atoms. The summed E-state index contributed by atoms with van der Waals surface area (Å²) in [6.45, 7) is 0.0674. The Morgan fingerprint density at radius 3 is 2.52 bits per heavy atom. The number of aliphatic imine (C=N–C) groups is 1. The predicted octanol–water partition coefficient (Wildman–Crippen LogP) is 5.04. The number of benzodiazepines with no additional fused rings is 1. The molecule has 8 heteroatoms. The number of carbonyl (C=O) groups excluding carboxylic acids is 2. The lowest BCUT2D eigenvalue weighted by molar-refractivity contribution is -0.117. The highest BCUT2D eigenvalue weighted by Gasteiger charge is 2.28. The number of nitrogens with zero attached hydrogens (tertiary/aromatic N) is 1. The summed E-state index contributed by atoms with van der Waals surface area (Å²) in [7, 11) is 0. The number of carbonyl (C=O) groups is 2. The molecule has 156 valence electrons. The maximum absolute atomic E-state index is 12.8. The van der Waals surface area contributed by atoms with Gasteiger partial charge in [0.05, 0.1) is 11.4 Å². The Balaban J connectivity index is 1.64. The molecule has 2 amide bonds. The molecule has 1 aliphatic heterocycles. The zero-order chi connectivity index (χ0) is 21.8. The van der Waals surface area contributed by atoms with E-state index in [4.69, 9.17) is 27.9 Å². The van der Waals surface area contributed by atoms with Crippen molar-refractivity contribution in [1.82, 2.24) is 5.32 Å². The Morgan fingerprint density at radius 1 is 1.00 bits per heavy atom. The molecule has 1 aliphatic rings. The van der Waals surface area contributed by atoms with Gasteiger partial charge in [0.25, 0.3) is 5.91 Å². The van der Waals surface area contributed by atoms with Crippen LogP contribution in [0.25, 0.3) is 0 Å². The van der Waals surface area contributed by atoms with Crippen LogP contribution in [0.2, 0.25) is 10.0 Å². The molecule has 2 N–H and O–H groups in total. The molecule has 0 fully saturated rings. The number of halogens is 2. The Labute approximate surface area is 188 Å². The number of fused-ring (bicyclic) bond motifs is 1. The van der Waals surface area contributed by atoms with Gasteiger partial charge in [-0.15, -0.1) is 0 Å². The Kier molecular flexibility index (Phi) is 6.21. The van der Waals surface area contributed by atoms with Crippen LogP contribution in [0.4, 0.5) is 10.5 Å². The van der Waals surface area contributed by atoms with Gasteiger partial charge in [-0.2, -0.15) is 0 Å². The van der Waals surface area contributed by atoms with Crippen LogP contribution in [-0.4, -0.2) is 23.9 Å². The van der Waals surface area contributed by atoms with Crippen LogP contribution >= 0.6 is 23.2 Å². The second-order valence-corrected chi connectivity index (χ2v) is 7.59. The molecule has 0 unspecified atom stereocenters. The second-order valence-electron chi connectivity index (χ2n) is 6.75. The minimum Gasteiger partial charge on any atom is -0.445 e. The van der Waals surface area contributed by atoms with Crippen LogP contribution in [-0.2, 0) is 16.1 Å². The summed E-state index contributed by atoms with van der Waals surface area (Å²) < 4.78 is 5.23. The smallest absolute Gasteiger partial charge is 0.409 e. The van der Waals surface area contributed by atoms with E-state index in [0.29, 0.717) is 32.6 Å². The highest BCUT2D eigenvalue weighted by Crippen LogP contribution is 2.29. The summed E-state index contributed by atoms with van der Waals surface area (Å²) in [5.74, 6) is -0.512. The monoisotopic (exact) mass is 453 g/mol. The minimum absolute atomic E-state index is 0.0674. The first kappa shape index (κ1) is 20.9. The van der Waals surface area contributed by atoms with Crippen LogP contribution in [0.1, 0.15) is 16.7 Å². The molecular weight excluding hydrogens is 437 g/mol. The molecule has 6 nitrogen and oxygen atoms in total. The molecule has 1 heterocycles. The molecular formula is C23H17Cl2N3O3.